The molecule has 0 radical (unpaired) electrons. The number of pyridine rings is 1. The topological polar surface area (TPSA) is 74.6 Å². The predicted octanol–water partition coefficient (Wildman–Crippen LogP) is 2.42. The van der Waals surface area contributed by atoms with Gasteiger partial charge in [-0.3, -0.25) is 9.78 Å². The highest BCUT2D eigenvalue weighted by Crippen LogP contribution is 2.14. The maximum absolute atomic E-state index is 11.9. The first-order valence-corrected chi connectivity index (χ1v) is 7.15. The van der Waals surface area contributed by atoms with Crippen LogP contribution in [0.5, 0.6) is 0 Å². The Morgan fingerprint density at radius 2 is 1.87 bits per heavy atom. The lowest BCUT2D eigenvalue weighted by Crippen LogP contribution is -2.25. The van der Waals surface area contributed by atoms with Crippen LogP contribution in [0.15, 0.2) is 72.0 Å². The van der Waals surface area contributed by atoms with Crippen molar-refractivity contribution in [3.05, 3.63) is 78.0 Å². The third-order valence-electron chi connectivity index (χ3n) is 3.41. The summed E-state index contributed by atoms with van der Waals surface area (Å²) in [5, 5.41) is 14.9. The number of aliphatic hydroxyl groups excluding tert-OH is 1. The quantitative estimate of drug-likeness (QED) is 0.574. The lowest BCUT2D eigenvalue weighted by atomic mass is 10.1. The minimum atomic E-state index is -1.25. The van der Waals surface area contributed by atoms with E-state index in [9.17, 15) is 9.90 Å². The Bertz CT molecular complexity index is 842. The van der Waals surface area contributed by atoms with E-state index in [-0.39, 0.29) is 0 Å². The van der Waals surface area contributed by atoms with E-state index in [4.69, 9.17) is 0 Å². The number of hydrogen-bond donors (Lipinski definition) is 2. The number of aromatic nitrogens is 1. The van der Waals surface area contributed by atoms with Crippen LogP contribution in [0.3, 0.4) is 0 Å². The van der Waals surface area contributed by atoms with Gasteiger partial charge in [0, 0.05) is 17.1 Å². The van der Waals surface area contributed by atoms with Crippen LogP contribution in [0, 0.1) is 0 Å². The molecule has 1 heterocycles. The molecule has 1 amide bonds. The first kappa shape index (κ1) is 14.9. The number of hydrazone groups is 1. The summed E-state index contributed by atoms with van der Waals surface area (Å²) in [7, 11) is 0. The Morgan fingerprint density at radius 3 is 2.70 bits per heavy atom. The smallest absolute Gasteiger partial charge is 0.273 e. The molecule has 3 aromatic rings. The Kier molecular flexibility index (Phi) is 4.40. The van der Waals surface area contributed by atoms with Gasteiger partial charge in [-0.2, -0.15) is 5.10 Å². The molecule has 0 spiro atoms. The Morgan fingerprint density at radius 1 is 1.09 bits per heavy atom. The van der Waals surface area contributed by atoms with Crippen molar-refractivity contribution in [3.8, 4) is 0 Å². The van der Waals surface area contributed by atoms with Gasteiger partial charge in [-0.25, -0.2) is 5.43 Å². The van der Waals surface area contributed by atoms with Crippen molar-refractivity contribution in [2.75, 3.05) is 0 Å². The SMILES string of the molecule is O=C(N/N=C\c1cccc2cccnc12)[C@@H](O)c1ccccc1. The Labute approximate surface area is 133 Å². The number of nitrogens with zero attached hydrogens (tertiary/aromatic N) is 2. The molecular formula is C18H15N3O2. The van der Waals surface area contributed by atoms with Crippen LogP contribution in [-0.2, 0) is 4.79 Å². The van der Waals surface area contributed by atoms with E-state index in [1.165, 1.54) is 6.21 Å². The van der Waals surface area contributed by atoms with E-state index in [1.807, 2.05) is 36.4 Å². The van der Waals surface area contributed by atoms with E-state index in [0.717, 1.165) is 16.5 Å². The molecule has 0 saturated carbocycles. The van der Waals surface area contributed by atoms with Crippen molar-refractivity contribution in [2.45, 2.75) is 6.10 Å². The largest absolute Gasteiger partial charge is 0.378 e. The lowest BCUT2D eigenvalue weighted by Gasteiger charge is -2.08. The first-order valence-electron chi connectivity index (χ1n) is 7.15. The molecule has 2 aromatic carbocycles. The average molecular weight is 305 g/mol. The molecule has 0 bridgehead atoms. The van der Waals surface area contributed by atoms with Crippen molar-refractivity contribution < 1.29 is 9.90 Å². The summed E-state index contributed by atoms with van der Waals surface area (Å²) in [6, 6.07) is 18.2. The molecule has 0 aliphatic heterocycles. The van der Waals surface area contributed by atoms with E-state index < -0.39 is 12.0 Å². The fourth-order valence-electron chi connectivity index (χ4n) is 2.25. The minimum absolute atomic E-state index is 0.520. The summed E-state index contributed by atoms with van der Waals surface area (Å²) >= 11 is 0. The molecule has 0 aliphatic carbocycles. The summed E-state index contributed by atoms with van der Waals surface area (Å²) in [4.78, 5) is 16.2. The van der Waals surface area contributed by atoms with Gasteiger partial charge in [0.05, 0.1) is 11.7 Å². The number of rotatable bonds is 4. The summed E-state index contributed by atoms with van der Waals surface area (Å²) < 4.78 is 0. The number of carbonyl (C=O) groups excluding carboxylic acids is 1. The first-order chi connectivity index (χ1) is 11.3. The molecule has 0 aliphatic rings. The van der Waals surface area contributed by atoms with Crippen LogP contribution in [0.4, 0.5) is 0 Å². The van der Waals surface area contributed by atoms with Crippen LogP contribution < -0.4 is 5.43 Å². The maximum Gasteiger partial charge on any atom is 0.273 e. The maximum atomic E-state index is 11.9. The second kappa shape index (κ2) is 6.81. The zero-order valence-electron chi connectivity index (χ0n) is 12.3. The number of hydrogen-bond acceptors (Lipinski definition) is 4. The molecule has 0 fully saturated rings. The Hall–Kier alpha value is -3.05. The van der Waals surface area contributed by atoms with Crippen LogP contribution in [0.25, 0.3) is 10.9 Å². The molecule has 23 heavy (non-hydrogen) atoms. The summed E-state index contributed by atoms with van der Waals surface area (Å²) in [5.74, 6) is -0.583. The fraction of sp³-hybridized carbons (Fsp3) is 0.0556. The molecule has 0 unspecified atom stereocenters. The number of benzene rings is 2. The van der Waals surface area contributed by atoms with Crippen LogP contribution in [0.1, 0.15) is 17.2 Å². The number of fused-ring (bicyclic) bond motifs is 1. The van der Waals surface area contributed by atoms with Gasteiger partial charge in [-0.05, 0) is 11.6 Å². The van der Waals surface area contributed by atoms with Crippen molar-refractivity contribution in [1.82, 2.24) is 10.4 Å². The van der Waals surface area contributed by atoms with Gasteiger partial charge >= 0.3 is 0 Å². The van der Waals surface area contributed by atoms with Gasteiger partial charge in [0.2, 0.25) is 0 Å². The highest BCUT2D eigenvalue weighted by atomic mass is 16.3. The third-order valence-corrected chi connectivity index (χ3v) is 3.41. The molecule has 114 valence electrons. The third kappa shape index (κ3) is 3.41. The second-order valence-corrected chi connectivity index (χ2v) is 4.97. The Balaban J connectivity index is 1.72. The van der Waals surface area contributed by atoms with E-state index >= 15 is 0 Å². The molecule has 5 heteroatoms. The number of carbonyl (C=O) groups is 1. The van der Waals surface area contributed by atoms with Crippen molar-refractivity contribution in [3.63, 3.8) is 0 Å². The van der Waals surface area contributed by atoms with Gasteiger partial charge in [-0.1, -0.05) is 54.6 Å². The van der Waals surface area contributed by atoms with Gasteiger partial charge in [0.15, 0.2) is 6.10 Å². The highest BCUT2D eigenvalue weighted by molar-refractivity contribution is 5.97. The zero-order chi connectivity index (χ0) is 16.1. The van der Waals surface area contributed by atoms with Crippen LogP contribution in [-0.4, -0.2) is 22.2 Å². The summed E-state index contributed by atoms with van der Waals surface area (Å²) in [6.45, 7) is 0. The van der Waals surface area contributed by atoms with Crippen molar-refractivity contribution >= 4 is 23.0 Å². The molecular weight excluding hydrogens is 290 g/mol. The number of nitrogens with one attached hydrogen (secondary N) is 1. The van der Waals surface area contributed by atoms with E-state index in [1.54, 1.807) is 30.5 Å². The fourth-order valence-corrected chi connectivity index (χ4v) is 2.25. The average Bonchev–Trinajstić information content (AvgIpc) is 2.62. The van der Waals surface area contributed by atoms with E-state index in [0.29, 0.717) is 5.56 Å². The van der Waals surface area contributed by atoms with Gasteiger partial charge in [0.1, 0.15) is 0 Å². The summed E-state index contributed by atoms with van der Waals surface area (Å²) in [5.41, 5.74) is 4.46. The molecule has 3 rings (SSSR count). The van der Waals surface area contributed by atoms with Gasteiger partial charge < -0.3 is 5.11 Å². The molecule has 2 N–H and O–H groups in total. The van der Waals surface area contributed by atoms with Crippen molar-refractivity contribution in [1.29, 1.82) is 0 Å². The standard InChI is InChI=1S/C18H15N3O2/c22-17(14-6-2-1-3-7-14)18(23)21-20-12-15-9-4-8-13-10-5-11-19-16(13)15/h1-12,17,22H,(H,21,23)/b20-12-/t17-/m0/s1. The van der Waals surface area contributed by atoms with Gasteiger partial charge in [-0.15, -0.1) is 0 Å². The monoisotopic (exact) mass is 305 g/mol. The molecule has 1 atom stereocenters. The van der Waals surface area contributed by atoms with E-state index in [2.05, 4.69) is 15.5 Å². The number of para-hydroxylation sites is 1. The zero-order valence-corrected chi connectivity index (χ0v) is 12.3. The summed E-state index contributed by atoms with van der Waals surface area (Å²) in [6.07, 6.45) is 1.97. The molecule has 0 saturated heterocycles. The lowest BCUT2D eigenvalue weighted by molar-refractivity contribution is -0.129. The number of aliphatic hydroxyl groups is 1. The predicted molar refractivity (Wildman–Crippen MR) is 88.9 cm³/mol. The van der Waals surface area contributed by atoms with Crippen molar-refractivity contribution in [2.24, 2.45) is 5.10 Å². The normalized spacial score (nSPS) is 12.4. The van der Waals surface area contributed by atoms with Crippen LogP contribution in [0.2, 0.25) is 0 Å². The second-order valence-electron chi connectivity index (χ2n) is 4.97. The number of amides is 1. The minimum Gasteiger partial charge on any atom is -0.378 e. The highest BCUT2D eigenvalue weighted by Gasteiger charge is 2.15. The van der Waals surface area contributed by atoms with Gasteiger partial charge in [0.25, 0.3) is 5.91 Å². The van der Waals surface area contributed by atoms with Crippen LogP contribution >= 0.6 is 0 Å². The molecule has 1 aromatic heterocycles. The molecule has 5 nitrogen and oxygen atoms in total.